The van der Waals surface area contributed by atoms with Gasteiger partial charge in [-0.1, -0.05) is 26.0 Å². The fourth-order valence-corrected chi connectivity index (χ4v) is 2.34. The summed E-state index contributed by atoms with van der Waals surface area (Å²) in [4.78, 5) is 34.5. The zero-order chi connectivity index (χ0) is 21.7. The van der Waals surface area contributed by atoms with Gasteiger partial charge >= 0.3 is 17.9 Å². The highest BCUT2D eigenvalue weighted by Crippen LogP contribution is 2.19. The predicted octanol–water partition coefficient (Wildman–Crippen LogP) is 3.25. The molecule has 0 fully saturated rings. The fourth-order valence-electron chi connectivity index (χ4n) is 2.34. The maximum Gasteiger partial charge on any atom is 0.333 e. The molecule has 0 aliphatic heterocycles. The zero-order valence-electron chi connectivity index (χ0n) is 17.5. The molecular formula is C21H34O7. The van der Waals surface area contributed by atoms with Crippen molar-refractivity contribution in [3.8, 4) is 0 Å². The molecule has 0 rings (SSSR count). The molecule has 0 spiro atoms. The molecule has 0 amide bonds. The maximum absolute atomic E-state index is 12.0. The van der Waals surface area contributed by atoms with Gasteiger partial charge in [0.15, 0.2) is 0 Å². The molecule has 0 saturated heterocycles. The molecule has 1 N–H and O–H groups in total. The molecule has 0 aliphatic carbocycles. The van der Waals surface area contributed by atoms with Gasteiger partial charge in [0.2, 0.25) is 0 Å². The third-order valence-electron chi connectivity index (χ3n) is 3.73. The first kappa shape index (κ1) is 25.9. The molecular weight excluding hydrogens is 364 g/mol. The summed E-state index contributed by atoms with van der Waals surface area (Å²) in [6.07, 6.45) is 2.54. The molecule has 0 saturated carbocycles. The van der Waals surface area contributed by atoms with Crippen LogP contribution in [0.25, 0.3) is 0 Å². The van der Waals surface area contributed by atoms with E-state index in [1.165, 1.54) is 6.92 Å². The number of unbranched alkanes of at least 4 members (excludes halogenated alkanes) is 3. The van der Waals surface area contributed by atoms with Crippen molar-refractivity contribution in [2.45, 2.75) is 77.9 Å². The Labute approximate surface area is 167 Å². The highest BCUT2D eigenvalue weighted by Gasteiger charge is 2.27. The molecule has 7 heteroatoms. The summed E-state index contributed by atoms with van der Waals surface area (Å²) in [6.45, 7) is 13.7. The monoisotopic (exact) mass is 398 g/mol. The minimum Gasteiger partial charge on any atom is -0.462 e. The van der Waals surface area contributed by atoms with Crippen molar-refractivity contribution in [2.24, 2.45) is 0 Å². The number of carbonyl (C=O) groups is 3. The summed E-state index contributed by atoms with van der Waals surface area (Å²) in [5.41, 5.74) is -0.237. The van der Waals surface area contributed by atoms with Crippen molar-refractivity contribution < 1.29 is 33.7 Å². The van der Waals surface area contributed by atoms with Crippen molar-refractivity contribution in [2.75, 3.05) is 13.2 Å². The summed E-state index contributed by atoms with van der Waals surface area (Å²) >= 11 is 0. The Kier molecular flexibility index (Phi) is 12.1. The summed E-state index contributed by atoms with van der Waals surface area (Å²) in [5, 5.41) is 9.96. The predicted molar refractivity (Wildman–Crippen MR) is 105 cm³/mol. The summed E-state index contributed by atoms with van der Waals surface area (Å²) in [6, 6.07) is 0. The van der Waals surface area contributed by atoms with Gasteiger partial charge in [-0.15, -0.1) is 0 Å². The quantitative estimate of drug-likeness (QED) is 0.207. The SMILES string of the molecule is C=C(C)C(=O)OCCCCCCC(=O)OC(C)(C)CC(O)COC(=O)C(=C)C. The van der Waals surface area contributed by atoms with E-state index in [0.29, 0.717) is 18.6 Å². The van der Waals surface area contributed by atoms with Crippen LogP contribution in [0.5, 0.6) is 0 Å². The van der Waals surface area contributed by atoms with Crippen molar-refractivity contribution in [1.29, 1.82) is 0 Å². The van der Waals surface area contributed by atoms with Crippen LogP contribution in [0.4, 0.5) is 0 Å². The second-order valence-corrected chi connectivity index (χ2v) is 7.55. The average Bonchev–Trinajstić information content (AvgIpc) is 2.57. The third kappa shape index (κ3) is 13.1. The number of hydrogen-bond donors (Lipinski definition) is 1. The van der Waals surface area contributed by atoms with Gasteiger partial charge in [0.1, 0.15) is 12.2 Å². The van der Waals surface area contributed by atoms with Crippen molar-refractivity contribution in [3.05, 3.63) is 24.3 Å². The van der Waals surface area contributed by atoms with E-state index >= 15 is 0 Å². The van der Waals surface area contributed by atoms with E-state index < -0.39 is 17.7 Å². The average molecular weight is 398 g/mol. The molecule has 0 aromatic heterocycles. The normalized spacial score (nSPS) is 12.0. The van der Waals surface area contributed by atoms with Gasteiger partial charge in [-0.3, -0.25) is 4.79 Å². The third-order valence-corrected chi connectivity index (χ3v) is 3.73. The van der Waals surface area contributed by atoms with Crippen LogP contribution < -0.4 is 0 Å². The van der Waals surface area contributed by atoms with Gasteiger partial charge in [0.05, 0.1) is 12.7 Å². The number of rotatable bonds is 14. The Bertz CT molecular complexity index is 563. The second kappa shape index (κ2) is 13.1. The van der Waals surface area contributed by atoms with Gasteiger partial charge in [-0.05, 0) is 40.5 Å². The van der Waals surface area contributed by atoms with Crippen LogP contribution in [0.1, 0.15) is 66.2 Å². The number of ether oxygens (including phenoxy) is 3. The first-order chi connectivity index (χ1) is 12.9. The minimum atomic E-state index is -0.937. The fraction of sp³-hybridized carbons (Fsp3) is 0.667. The van der Waals surface area contributed by atoms with E-state index in [1.807, 2.05) is 0 Å². The van der Waals surface area contributed by atoms with Crippen LogP contribution in [0.3, 0.4) is 0 Å². The lowest BCUT2D eigenvalue weighted by Gasteiger charge is -2.27. The van der Waals surface area contributed by atoms with E-state index in [1.54, 1.807) is 20.8 Å². The van der Waals surface area contributed by atoms with Crippen molar-refractivity contribution >= 4 is 17.9 Å². The molecule has 0 bridgehead atoms. The number of aliphatic hydroxyl groups excluding tert-OH is 1. The number of esters is 3. The Hall–Kier alpha value is -2.15. The lowest BCUT2D eigenvalue weighted by Crippen LogP contribution is -2.34. The lowest BCUT2D eigenvalue weighted by molar-refractivity contribution is -0.161. The Morgan fingerprint density at radius 3 is 2.04 bits per heavy atom. The number of aliphatic hydroxyl groups is 1. The minimum absolute atomic E-state index is 0.149. The molecule has 0 aromatic rings. The van der Waals surface area contributed by atoms with Crippen molar-refractivity contribution in [3.63, 3.8) is 0 Å². The molecule has 7 nitrogen and oxygen atoms in total. The maximum atomic E-state index is 12.0. The van der Waals surface area contributed by atoms with Gasteiger partial charge in [-0.2, -0.15) is 0 Å². The molecule has 0 aliphatic rings. The molecule has 160 valence electrons. The van der Waals surface area contributed by atoms with E-state index in [9.17, 15) is 19.5 Å². The van der Waals surface area contributed by atoms with E-state index in [-0.39, 0.29) is 37.0 Å². The van der Waals surface area contributed by atoms with Gasteiger partial charge < -0.3 is 19.3 Å². The highest BCUT2D eigenvalue weighted by molar-refractivity contribution is 5.87. The standard InChI is InChI=1S/C21H34O7/c1-15(2)19(24)26-12-10-8-7-9-11-18(23)28-21(5,6)13-17(22)14-27-20(25)16(3)4/h17,22H,1,3,7-14H2,2,4-6H3. The Balaban J connectivity index is 3.94. The summed E-state index contributed by atoms with van der Waals surface area (Å²) < 4.78 is 15.3. The van der Waals surface area contributed by atoms with Crippen LogP contribution >= 0.6 is 0 Å². The van der Waals surface area contributed by atoms with Gasteiger partial charge in [-0.25, -0.2) is 9.59 Å². The number of hydrogen-bond acceptors (Lipinski definition) is 7. The van der Waals surface area contributed by atoms with Crippen molar-refractivity contribution in [1.82, 2.24) is 0 Å². The van der Waals surface area contributed by atoms with Crippen LogP contribution in [0.15, 0.2) is 24.3 Å². The van der Waals surface area contributed by atoms with Crippen LogP contribution in [0.2, 0.25) is 0 Å². The number of carbonyl (C=O) groups excluding carboxylic acids is 3. The molecule has 0 radical (unpaired) electrons. The highest BCUT2D eigenvalue weighted by atomic mass is 16.6. The lowest BCUT2D eigenvalue weighted by atomic mass is 10.0. The summed E-state index contributed by atoms with van der Waals surface area (Å²) in [7, 11) is 0. The van der Waals surface area contributed by atoms with Gasteiger partial charge in [0.25, 0.3) is 0 Å². The zero-order valence-corrected chi connectivity index (χ0v) is 17.5. The Morgan fingerprint density at radius 1 is 0.929 bits per heavy atom. The second-order valence-electron chi connectivity index (χ2n) is 7.55. The van der Waals surface area contributed by atoms with Crippen LogP contribution in [0, 0.1) is 0 Å². The summed E-state index contributed by atoms with van der Waals surface area (Å²) in [5.74, 6) is -1.30. The van der Waals surface area contributed by atoms with Crippen LogP contribution in [-0.4, -0.2) is 47.9 Å². The Morgan fingerprint density at radius 2 is 1.46 bits per heavy atom. The molecule has 0 aromatic carbocycles. The first-order valence-corrected chi connectivity index (χ1v) is 9.50. The topological polar surface area (TPSA) is 99.1 Å². The first-order valence-electron chi connectivity index (χ1n) is 9.50. The van der Waals surface area contributed by atoms with E-state index in [2.05, 4.69) is 13.2 Å². The van der Waals surface area contributed by atoms with Crippen LogP contribution in [-0.2, 0) is 28.6 Å². The molecule has 1 unspecified atom stereocenters. The molecule has 28 heavy (non-hydrogen) atoms. The largest absolute Gasteiger partial charge is 0.462 e. The van der Waals surface area contributed by atoms with E-state index in [4.69, 9.17) is 14.2 Å². The smallest absolute Gasteiger partial charge is 0.333 e. The molecule has 0 heterocycles. The van der Waals surface area contributed by atoms with E-state index in [0.717, 1.165) is 19.3 Å². The molecule has 1 atom stereocenters. The van der Waals surface area contributed by atoms with Gasteiger partial charge in [0, 0.05) is 24.0 Å².